The highest BCUT2D eigenvalue weighted by atomic mass is 16.5. The van der Waals surface area contributed by atoms with Crippen molar-refractivity contribution in [1.82, 2.24) is 10.1 Å². The molecule has 0 radical (unpaired) electrons. The van der Waals surface area contributed by atoms with Gasteiger partial charge < -0.3 is 29.1 Å². The molecule has 9 heteroatoms. The molecule has 0 bridgehead atoms. The van der Waals surface area contributed by atoms with Crippen molar-refractivity contribution >= 4 is 23.3 Å². The Balaban J connectivity index is 1.48. The first-order chi connectivity index (χ1) is 13.6. The Morgan fingerprint density at radius 1 is 1.25 bits per heavy atom. The van der Waals surface area contributed by atoms with Crippen LogP contribution in [0.25, 0.3) is 0 Å². The van der Waals surface area contributed by atoms with Crippen molar-refractivity contribution in [3.05, 3.63) is 36.1 Å². The molecule has 1 saturated heterocycles. The van der Waals surface area contributed by atoms with E-state index < -0.39 is 6.10 Å². The standard InChI is InChI=1S/C19H22N4O5/c1-13-10-17(21-28-13)20-18(24)12-23-11-16(19(25)22-6-8-26-9-7-22)27-15-5-3-2-4-14(15)23/h2-5,10,16H,6-9,11-12H2,1H3,(H,20,21,24)/t16-/m1/s1. The maximum atomic E-state index is 12.9. The minimum Gasteiger partial charge on any atom is -0.477 e. The summed E-state index contributed by atoms with van der Waals surface area (Å²) in [7, 11) is 0. The van der Waals surface area contributed by atoms with E-state index in [1.165, 1.54) is 0 Å². The van der Waals surface area contributed by atoms with Crippen molar-refractivity contribution in [3.8, 4) is 5.75 Å². The maximum Gasteiger partial charge on any atom is 0.265 e. The second kappa shape index (κ2) is 7.89. The number of anilines is 2. The van der Waals surface area contributed by atoms with Gasteiger partial charge in [-0.25, -0.2) is 0 Å². The molecule has 4 rings (SSSR count). The van der Waals surface area contributed by atoms with Crippen molar-refractivity contribution in [3.63, 3.8) is 0 Å². The minimum atomic E-state index is -0.671. The molecule has 0 aliphatic carbocycles. The van der Waals surface area contributed by atoms with Gasteiger partial charge in [-0.15, -0.1) is 0 Å². The van der Waals surface area contributed by atoms with Crippen molar-refractivity contribution in [1.29, 1.82) is 0 Å². The molecule has 1 atom stereocenters. The molecule has 148 valence electrons. The quantitative estimate of drug-likeness (QED) is 0.839. The number of fused-ring (bicyclic) bond motifs is 1. The number of aryl methyl sites for hydroxylation is 1. The maximum absolute atomic E-state index is 12.9. The van der Waals surface area contributed by atoms with Gasteiger partial charge >= 0.3 is 0 Å². The SMILES string of the molecule is Cc1cc(NC(=O)CN2C[C@H](C(=O)N3CCOCC3)Oc3ccccc32)no1. The van der Waals surface area contributed by atoms with Crippen molar-refractivity contribution in [2.75, 3.05) is 49.6 Å². The molecular formula is C19H22N4O5. The van der Waals surface area contributed by atoms with Crippen LogP contribution in [0.4, 0.5) is 11.5 Å². The second-order valence-electron chi connectivity index (χ2n) is 6.76. The molecular weight excluding hydrogens is 364 g/mol. The number of morpholine rings is 1. The van der Waals surface area contributed by atoms with Crippen LogP contribution in [0.2, 0.25) is 0 Å². The van der Waals surface area contributed by atoms with Gasteiger partial charge in [-0.05, 0) is 19.1 Å². The van der Waals surface area contributed by atoms with Crippen LogP contribution in [0.3, 0.4) is 0 Å². The molecule has 2 aliphatic rings. The fraction of sp³-hybridized carbons (Fsp3) is 0.421. The third-order valence-corrected chi connectivity index (χ3v) is 4.69. The van der Waals surface area contributed by atoms with E-state index in [2.05, 4.69) is 10.5 Å². The smallest absolute Gasteiger partial charge is 0.265 e. The molecule has 1 aromatic heterocycles. The zero-order chi connectivity index (χ0) is 19.5. The van der Waals surface area contributed by atoms with Crippen LogP contribution in [-0.4, -0.2) is 67.4 Å². The van der Waals surface area contributed by atoms with Crippen LogP contribution < -0.4 is 15.0 Å². The number of carbonyl (C=O) groups is 2. The highest BCUT2D eigenvalue weighted by molar-refractivity contribution is 5.94. The minimum absolute atomic E-state index is 0.0686. The lowest BCUT2D eigenvalue weighted by Crippen LogP contribution is -2.53. The summed E-state index contributed by atoms with van der Waals surface area (Å²) in [6, 6.07) is 9.04. The van der Waals surface area contributed by atoms with Crippen LogP contribution in [0.5, 0.6) is 5.75 Å². The van der Waals surface area contributed by atoms with E-state index in [0.29, 0.717) is 50.2 Å². The van der Waals surface area contributed by atoms with Gasteiger partial charge in [-0.1, -0.05) is 17.3 Å². The fourth-order valence-electron chi connectivity index (χ4n) is 3.35. The third-order valence-electron chi connectivity index (χ3n) is 4.69. The molecule has 1 N–H and O–H groups in total. The summed E-state index contributed by atoms with van der Waals surface area (Å²) < 4.78 is 16.2. The Morgan fingerprint density at radius 2 is 2.04 bits per heavy atom. The Morgan fingerprint density at radius 3 is 2.79 bits per heavy atom. The largest absolute Gasteiger partial charge is 0.477 e. The number of hydrogen-bond donors (Lipinski definition) is 1. The van der Waals surface area contributed by atoms with Crippen molar-refractivity contribution < 1.29 is 23.6 Å². The molecule has 2 aromatic rings. The average Bonchev–Trinajstić information content (AvgIpc) is 3.12. The van der Waals surface area contributed by atoms with Crippen LogP contribution >= 0.6 is 0 Å². The van der Waals surface area contributed by atoms with Crippen molar-refractivity contribution in [2.45, 2.75) is 13.0 Å². The van der Waals surface area contributed by atoms with Gasteiger partial charge in [-0.3, -0.25) is 9.59 Å². The normalized spacial score (nSPS) is 19.0. The topological polar surface area (TPSA) is 97.1 Å². The Kier molecular flexibility index (Phi) is 5.16. The monoisotopic (exact) mass is 386 g/mol. The molecule has 2 aliphatic heterocycles. The number of rotatable bonds is 4. The van der Waals surface area contributed by atoms with E-state index in [-0.39, 0.29) is 18.4 Å². The van der Waals surface area contributed by atoms with E-state index in [9.17, 15) is 9.59 Å². The first-order valence-corrected chi connectivity index (χ1v) is 9.20. The van der Waals surface area contributed by atoms with Gasteiger partial charge in [0, 0.05) is 19.2 Å². The summed E-state index contributed by atoms with van der Waals surface area (Å²) in [5.41, 5.74) is 0.778. The van der Waals surface area contributed by atoms with E-state index in [4.69, 9.17) is 14.0 Å². The third kappa shape index (κ3) is 3.94. The molecule has 0 saturated carbocycles. The zero-order valence-corrected chi connectivity index (χ0v) is 15.6. The first-order valence-electron chi connectivity index (χ1n) is 9.20. The summed E-state index contributed by atoms with van der Waals surface area (Å²) in [4.78, 5) is 29.0. The van der Waals surface area contributed by atoms with Crippen LogP contribution in [-0.2, 0) is 14.3 Å². The van der Waals surface area contributed by atoms with E-state index in [1.807, 2.05) is 23.1 Å². The number of nitrogens with zero attached hydrogens (tertiary/aromatic N) is 3. The van der Waals surface area contributed by atoms with Gasteiger partial charge in [0.1, 0.15) is 11.5 Å². The highest BCUT2D eigenvalue weighted by Gasteiger charge is 2.34. The van der Waals surface area contributed by atoms with E-state index in [0.717, 1.165) is 5.69 Å². The zero-order valence-electron chi connectivity index (χ0n) is 15.6. The molecule has 0 spiro atoms. The lowest BCUT2D eigenvalue weighted by molar-refractivity contribution is -0.142. The Labute approximate surface area is 162 Å². The molecule has 2 amide bonds. The number of benzene rings is 1. The molecule has 3 heterocycles. The van der Waals surface area contributed by atoms with Crippen LogP contribution in [0.15, 0.2) is 34.9 Å². The Bertz CT molecular complexity index is 862. The van der Waals surface area contributed by atoms with E-state index >= 15 is 0 Å². The number of aromatic nitrogens is 1. The fourth-order valence-corrected chi connectivity index (χ4v) is 3.35. The molecule has 1 fully saturated rings. The second-order valence-corrected chi connectivity index (χ2v) is 6.76. The van der Waals surface area contributed by atoms with Gasteiger partial charge in [0.2, 0.25) is 5.91 Å². The van der Waals surface area contributed by atoms with Gasteiger partial charge in [0.25, 0.3) is 5.91 Å². The lowest BCUT2D eigenvalue weighted by atomic mass is 10.1. The summed E-state index contributed by atoms with van der Waals surface area (Å²) in [5.74, 6) is 1.23. The van der Waals surface area contributed by atoms with Crippen molar-refractivity contribution in [2.24, 2.45) is 0 Å². The van der Waals surface area contributed by atoms with Crippen LogP contribution in [0, 0.1) is 6.92 Å². The predicted molar refractivity (Wildman–Crippen MR) is 100 cm³/mol. The van der Waals surface area contributed by atoms with Crippen LogP contribution in [0.1, 0.15) is 5.76 Å². The predicted octanol–water partition coefficient (Wildman–Crippen LogP) is 1.05. The lowest BCUT2D eigenvalue weighted by Gasteiger charge is -2.37. The number of nitrogens with one attached hydrogen (secondary N) is 1. The van der Waals surface area contributed by atoms with Gasteiger partial charge in [0.05, 0.1) is 32.0 Å². The van der Waals surface area contributed by atoms with E-state index in [1.54, 1.807) is 24.0 Å². The summed E-state index contributed by atoms with van der Waals surface area (Å²) in [5, 5.41) is 6.48. The molecule has 9 nitrogen and oxygen atoms in total. The number of hydrogen-bond acceptors (Lipinski definition) is 7. The summed E-state index contributed by atoms with van der Waals surface area (Å²) in [6.07, 6.45) is -0.671. The number of carbonyl (C=O) groups excluding carboxylic acids is 2. The molecule has 28 heavy (non-hydrogen) atoms. The Hall–Kier alpha value is -3.07. The summed E-state index contributed by atoms with van der Waals surface area (Å²) in [6.45, 7) is 4.26. The first kappa shape index (κ1) is 18.3. The van der Waals surface area contributed by atoms with Gasteiger partial charge in [0.15, 0.2) is 11.9 Å². The number of amides is 2. The van der Waals surface area contributed by atoms with Gasteiger partial charge in [-0.2, -0.15) is 0 Å². The average molecular weight is 386 g/mol. The highest BCUT2D eigenvalue weighted by Crippen LogP contribution is 2.33. The number of para-hydroxylation sites is 2. The molecule has 0 unspecified atom stereocenters. The number of ether oxygens (including phenoxy) is 2. The summed E-state index contributed by atoms with van der Waals surface area (Å²) >= 11 is 0. The molecule has 1 aromatic carbocycles.